The van der Waals surface area contributed by atoms with Crippen molar-refractivity contribution in [3.8, 4) is 0 Å². The molecule has 0 radical (unpaired) electrons. The van der Waals surface area contributed by atoms with Crippen molar-refractivity contribution in [3.63, 3.8) is 0 Å². The fourth-order valence-electron chi connectivity index (χ4n) is 1.87. The highest BCUT2D eigenvalue weighted by atomic mass is 32.2. The predicted octanol–water partition coefficient (Wildman–Crippen LogP) is 1.43. The van der Waals surface area contributed by atoms with Crippen LogP contribution in [0.4, 0.5) is 0 Å². The van der Waals surface area contributed by atoms with E-state index in [1.807, 2.05) is 30.3 Å². The molecule has 1 aromatic heterocycles. The van der Waals surface area contributed by atoms with Gasteiger partial charge in [-0.05, 0) is 29.7 Å². The summed E-state index contributed by atoms with van der Waals surface area (Å²) >= 11 is 0. The molecule has 22 heavy (non-hydrogen) atoms. The third kappa shape index (κ3) is 4.31. The van der Waals surface area contributed by atoms with E-state index in [-0.39, 0.29) is 5.75 Å². The van der Waals surface area contributed by atoms with E-state index in [2.05, 4.69) is 0 Å². The highest BCUT2D eigenvalue weighted by molar-refractivity contribution is 7.89. The van der Waals surface area contributed by atoms with E-state index in [4.69, 9.17) is 5.21 Å². The van der Waals surface area contributed by atoms with E-state index in [0.29, 0.717) is 12.0 Å². The number of benzene rings is 1. The minimum Gasteiger partial charge on any atom is -0.288 e. The second kappa shape index (κ2) is 7.06. The van der Waals surface area contributed by atoms with Gasteiger partial charge in [0.2, 0.25) is 10.0 Å². The van der Waals surface area contributed by atoms with Gasteiger partial charge in [-0.2, -0.15) is 0 Å². The van der Waals surface area contributed by atoms with E-state index >= 15 is 0 Å². The Morgan fingerprint density at radius 2 is 1.95 bits per heavy atom. The van der Waals surface area contributed by atoms with Crippen LogP contribution in [0.3, 0.4) is 0 Å². The number of hydrogen-bond acceptors (Lipinski definition) is 4. The number of amides is 1. The average Bonchev–Trinajstić information content (AvgIpc) is 3.01. The van der Waals surface area contributed by atoms with Gasteiger partial charge in [0.05, 0.1) is 5.75 Å². The zero-order chi connectivity index (χ0) is 16.0. The van der Waals surface area contributed by atoms with Gasteiger partial charge in [-0.3, -0.25) is 14.0 Å². The molecule has 0 fully saturated rings. The lowest BCUT2D eigenvalue weighted by Gasteiger charge is -2.05. The van der Waals surface area contributed by atoms with Crippen LogP contribution in [-0.2, 0) is 21.2 Å². The number of nitrogens with zero attached hydrogens (tertiary/aromatic N) is 1. The van der Waals surface area contributed by atoms with Crippen LogP contribution in [0.1, 0.15) is 11.1 Å². The molecular formula is C15H16N2O4S. The molecule has 1 aromatic carbocycles. The van der Waals surface area contributed by atoms with Gasteiger partial charge in [0.25, 0.3) is 5.91 Å². The highest BCUT2D eigenvalue weighted by Crippen LogP contribution is 2.09. The van der Waals surface area contributed by atoms with E-state index in [9.17, 15) is 13.2 Å². The Morgan fingerprint density at radius 3 is 2.64 bits per heavy atom. The number of hydrogen-bond donors (Lipinski definition) is 2. The molecule has 0 aliphatic carbocycles. The summed E-state index contributed by atoms with van der Waals surface area (Å²) in [4.78, 5) is 10.9. The Bertz CT molecular complexity index is 764. The van der Waals surface area contributed by atoms with Crippen molar-refractivity contribution < 1.29 is 18.4 Å². The molecule has 0 aliphatic heterocycles. The topological polar surface area (TPSA) is 88.4 Å². The summed E-state index contributed by atoms with van der Waals surface area (Å²) in [5.41, 5.74) is 2.96. The van der Waals surface area contributed by atoms with Gasteiger partial charge in [0.15, 0.2) is 0 Å². The van der Waals surface area contributed by atoms with Gasteiger partial charge in [-0.1, -0.05) is 30.3 Å². The number of aryl methyl sites for hydroxylation is 1. The van der Waals surface area contributed by atoms with Gasteiger partial charge in [0, 0.05) is 18.5 Å². The summed E-state index contributed by atoms with van der Waals surface area (Å²) in [6.45, 7) is 0. The predicted molar refractivity (Wildman–Crippen MR) is 82.7 cm³/mol. The zero-order valence-corrected chi connectivity index (χ0v) is 12.5. The highest BCUT2D eigenvalue weighted by Gasteiger charge is 2.13. The molecule has 6 nitrogen and oxygen atoms in total. The van der Waals surface area contributed by atoms with Crippen LogP contribution in [0.15, 0.2) is 54.9 Å². The van der Waals surface area contributed by atoms with Crippen LogP contribution in [0.5, 0.6) is 0 Å². The van der Waals surface area contributed by atoms with Crippen LogP contribution >= 0.6 is 0 Å². The molecule has 7 heteroatoms. The van der Waals surface area contributed by atoms with Crippen molar-refractivity contribution in [2.24, 2.45) is 0 Å². The minimum atomic E-state index is -3.45. The lowest BCUT2D eigenvalue weighted by Crippen LogP contribution is -2.16. The molecule has 1 heterocycles. The molecular weight excluding hydrogens is 304 g/mol. The molecule has 2 aromatic rings. The first kappa shape index (κ1) is 16.0. The van der Waals surface area contributed by atoms with E-state index < -0.39 is 15.9 Å². The lowest BCUT2D eigenvalue weighted by atomic mass is 10.2. The molecule has 2 rings (SSSR count). The van der Waals surface area contributed by atoms with E-state index in [1.165, 1.54) is 23.9 Å². The molecule has 0 spiro atoms. The Kier molecular flexibility index (Phi) is 5.13. The maximum absolute atomic E-state index is 12.2. The molecule has 0 unspecified atom stereocenters. The van der Waals surface area contributed by atoms with Crippen molar-refractivity contribution in [2.75, 3.05) is 5.75 Å². The van der Waals surface area contributed by atoms with Crippen molar-refractivity contribution in [1.82, 2.24) is 9.45 Å². The monoisotopic (exact) mass is 320 g/mol. The summed E-state index contributed by atoms with van der Waals surface area (Å²) < 4.78 is 25.6. The summed E-state index contributed by atoms with van der Waals surface area (Å²) in [5.74, 6) is -0.689. The summed E-state index contributed by atoms with van der Waals surface area (Å²) in [7, 11) is -3.45. The second-order valence-electron chi connectivity index (χ2n) is 4.64. The Balaban J connectivity index is 2.05. The number of hydroxylamine groups is 1. The average molecular weight is 320 g/mol. The van der Waals surface area contributed by atoms with Crippen LogP contribution in [0.25, 0.3) is 6.08 Å². The van der Waals surface area contributed by atoms with Crippen molar-refractivity contribution in [1.29, 1.82) is 0 Å². The maximum Gasteiger partial charge on any atom is 0.267 e. The third-order valence-corrected chi connectivity index (χ3v) is 4.63. The van der Waals surface area contributed by atoms with Crippen LogP contribution in [0.2, 0.25) is 0 Å². The standard InChI is InChI=1S/C15H16N2O4S/c18-15(16-19)7-6-14-8-10-17(12-14)22(20,21)11-9-13-4-2-1-3-5-13/h1-8,10,12,19H,9,11H2,(H,16,18). The van der Waals surface area contributed by atoms with Gasteiger partial charge in [-0.15, -0.1) is 0 Å². The SMILES string of the molecule is O=C(C=Cc1ccn(S(=O)(=O)CCc2ccccc2)c1)NO. The Hall–Kier alpha value is -2.38. The molecule has 0 bridgehead atoms. The molecule has 0 saturated heterocycles. The summed E-state index contributed by atoms with van der Waals surface area (Å²) in [6.07, 6.45) is 5.79. The fraction of sp³-hybridized carbons (Fsp3) is 0.133. The molecule has 0 aliphatic rings. The fourth-order valence-corrected chi connectivity index (χ4v) is 3.10. The quantitative estimate of drug-likeness (QED) is 0.479. The molecule has 1 amide bonds. The number of rotatable bonds is 6. The first-order valence-corrected chi connectivity index (χ1v) is 8.19. The first-order valence-electron chi connectivity index (χ1n) is 6.58. The molecule has 2 N–H and O–H groups in total. The van der Waals surface area contributed by atoms with Crippen molar-refractivity contribution in [2.45, 2.75) is 6.42 Å². The minimum absolute atomic E-state index is 0.00796. The van der Waals surface area contributed by atoms with Gasteiger partial charge in [0.1, 0.15) is 0 Å². The number of nitrogens with one attached hydrogen (secondary N) is 1. The summed E-state index contributed by atoms with van der Waals surface area (Å²) in [5, 5.41) is 8.37. The normalized spacial score (nSPS) is 11.7. The number of aromatic nitrogens is 1. The van der Waals surface area contributed by atoms with E-state index in [1.54, 1.807) is 6.07 Å². The first-order chi connectivity index (χ1) is 10.5. The van der Waals surface area contributed by atoms with E-state index in [0.717, 1.165) is 15.6 Å². The number of carbonyl (C=O) groups excluding carboxylic acids is 1. The van der Waals surface area contributed by atoms with Gasteiger partial charge >= 0.3 is 0 Å². The van der Waals surface area contributed by atoms with Gasteiger partial charge in [-0.25, -0.2) is 13.9 Å². The zero-order valence-electron chi connectivity index (χ0n) is 11.7. The summed E-state index contributed by atoms with van der Waals surface area (Å²) in [6, 6.07) is 10.9. The lowest BCUT2D eigenvalue weighted by molar-refractivity contribution is -0.124. The largest absolute Gasteiger partial charge is 0.288 e. The third-order valence-electron chi connectivity index (χ3n) is 3.04. The second-order valence-corrected chi connectivity index (χ2v) is 6.63. The molecule has 0 saturated carbocycles. The van der Waals surface area contributed by atoms with Crippen LogP contribution < -0.4 is 5.48 Å². The molecule has 116 valence electrons. The van der Waals surface area contributed by atoms with Crippen LogP contribution in [0, 0.1) is 0 Å². The van der Waals surface area contributed by atoms with Crippen molar-refractivity contribution in [3.05, 3.63) is 66.0 Å². The number of carbonyl (C=O) groups is 1. The van der Waals surface area contributed by atoms with Crippen molar-refractivity contribution >= 4 is 22.0 Å². The maximum atomic E-state index is 12.2. The van der Waals surface area contributed by atoms with Gasteiger partial charge < -0.3 is 0 Å². The van der Waals surface area contributed by atoms with Crippen LogP contribution in [-0.4, -0.2) is 29.3 Å². The molecule has 0 atom stereocenters. The Labute approximate surface area is 128 Å². The smallest absolute Gasteiger partial charge is 0.267 e. The Morgan fingerprint density at radius 1 is 1.23 bits per heavy atom.